The summed E-state index contributed by atoms with van der Waals surface area (Å²) in [4.78, 5) is 42.3. The molecule has 3 heterocycles. The van der Waals surface area contributed by atoms with Crippen LogP contribution in [0.15, 0.2) is 35.6 Å². The van der Waals surface area contributed by atoms with Crippen LogP contribution in [0.3, 0.4) is 0 Å². The molecule has 0 bridgehead atoms. The molecule has 0 saturated carbocycles. The molecule has 2 aromatic heterocycles. The van der Waals surface area contributed by atoms with Gasteiger partial charge in [-0.15, -0.1) is 0 Å². The van der Waals surface area contributed by atoms with Crippen LogP contribution in [-0.2, 0) is 4.74 Å². The van der Waals surface area contributed by atoms with Crippen molar-refractivity contribution in [2.24, 2.45) is 4.99 Å². The molecular formula is C27H25F4N7O3. The Hall–Kier alpha value is -4.67. The van der Waals surface area contributed by atoms with Crippen LogP contribution in [0.5, 0.6) is 0 Å². The molecule has 10 nitrogen and oxygen atoms in total. The van der Waals surface area contributed by atoms with Crippen molar-refractivity contribution in [2.75, 3.05) is 18.4 Å². The molecule has 0 aliphatic carbocycles. The molecule has 1 N–H and O–H groups in total. The molecule has 1 aromatic carbocycles. The molecule has 1 fully saturated rings. The second-order valence-corrected chi connectivity index (χ2v) is 10.4. The molecule has 0 unspecified atom stereocenters. The smallest absolute Gasteiger partial charge is 0.410 e. The van der Waals surface area contributed by atoms with E-state index in [4.69, 9.17) is 4.74 Å². The fourth-order valence-corrected chi connectivity index (χ4v) is 4.40. The number of anilines is 1. The van der Waals surface area contributed by atoms with Crippen LogP contribution in [0, 0.1) is 11.3 Å². The van der Waals surface area contributed by atoms with Gasteiger partial charge in [0.15, 0.2) is 5.82 Å². The standard InChI is InChI=1S/C27H25F4N7O3/c1-26(2,3)41-25(40)38-11-16(9-27(30,31)12-38)36-23-21-20(34-13-35-23)18(24(39)33-4)8-19(37-21)17-6-5-14(22(28)29)7-15(17)10-32/h5-8,13,16,22H,4,9,11-12H2,1-3H3,(H,34,35,36)/t16-/m0/s1. The Bertz CT molecular complexity index is 1570. The monoisotopic (exact) mass is 571 g/mol. The Morgan fingerprint density at radius 2 is 1.98 bits per heavy atom. The number of nitrogens with zero attached hydrogens (tertiary/aromatic N) is 6. The summed E-state index contributed by atoms with van der Waals surface area (Å²) in [6.07, 6.45) is -3.28. The maximum absolute atomic E-state index is 14.7. The predicted molar refractivity (Wildman–Crippen MR) is 141 cm³/mol. The van der Waals surface area contributed by atoms with Crippen molar-refractivity contribution in [1.29, 1.82) is 5.26 Å². The summed E-state index contributed by atoms with van der Waals surface area (Å²) < 4.78 is 61.1. The number of piperidine rings is 1. The summed E-state index contributed by atoms with van der Waals surface area (Å²) in [5.41, 5.74) is -1.35. The van der Waals surface area contributed by atoms with E-state index in [0.29, 0.717) is 0 Å². The summed E-state index contributed by atoms with van der Waals surface area (Å²) in [6.45, 7) is 7.12. The second kappa shape index (κ2) is 11.1. The molecule has 1 atom stereocenters. The Balaban J connectivity index is 1.80. The maximum atomic E-state index is 14.7. The third-order valence-electron chi connectivity index (χ3n) is 6.06. The van der Waals surface area contributed by atoms with Gasteiger partial charge in [-0.2, -0.15) is 5.26 Å². The van der Waals surface area contributed by atoms with Gasteiger partial charge in [-0.05, 0) is 39.6 Å². The van der Waals surface area contributed by atoms with E-state index in [2.05, 4.69) is 32.0 Å². The Morgan fingerprint density at radius 1 is 1.24 bits per heavy atom. The summed E-state index contributed by atoms with van der Waals surface area (Å²) >= 11 is 0. The van der Waals surface area contributed by atoms with Crippen LogP contribution >= 0.6 is 0 Å². The minimum Gasteiger partial charge on any atom is -0.444 e. The molecular weight excluding hydrogens is 546 g/mol. The van der Waals surface area contributed by atoms with Crippen LogP contribution < -0.4 is 5.32 Å². The quantitative estimate of drug-likeness (QED) is 0.318. The number of hydrogen-bond donors (Lipinski definition) is 1. The number of rotatable bonds is 5. The lowest BCUT2D eigenvalue weighted by molar-refractivity contribution is -0.0722. The molecule has 214 valence electrons. The predicted octanol–water partition coefficient (Wildman–Crippen LogP) is 5.40. The topological polar surface area (TPSA) is 133 Å². The van der Waals surface area contributed by atoms with Crippen LogP contribution in [0.1, 0.15) is 55.1 Å². The highest BCUT2D eigenvalue weighted by molar-refractivity contribution is 6.09. The van der Waals surface area contributed by atoms with Crippen LogP contribution in [0.25, 0.3) is 22.3 Å². The largest absolute Gasteiger partial charge is 0.444 e. The number of fused-ring (bicyclic) bond motifs is 1. The number of hydrogen-bond acceptors (Lipinski definition) is 8. The van der Waals surface area contributed by atoms with Gasteiger partial charge in [-0.25, -0.2) is 42.3 Å². The minimum absolute atomic E-state index is 0.0120. The van der Waals surface area contributed by atoms with Crippen molar-refractivity contribution < 1.29 is 31.9 Å². The lowest BCUT2D eigenvalue weighted by Crippen LogP contribution is -2.54. The van der Waals surface area contributed by atoms with Gasteiger partial charge in [0.25, 0.3) is 18.3 Å². The minimum atomic E-state index is -3.25. The average Bonchev–Trinajstić information content (AvgIpc) is 2.90. The summed E-state index contributed by atoms with van der Waals surface area (Å²) in [5, 5.41) is 12.5. The number of likely N-dealkylation sites (tertiary alicyclic amines) is 1. The summed E-state index contributed by atoms with van der Waals surface area (Å²) in [5.74, 6) is -4.09. The van der Waals surface area contributed by atoms with Crippen molar-refractivity contribution in [3.63, 3.8) is 0 Å². The number of amides is 2. The Morgan fingerprint density at radius 3 is 2.61 bits per heavy atom. The lowest BCUT2D eigenvalue weighted by atomic mass is 9.99. The number of aliphatic imine (C=N–C) groups is 1. The highest BCUT2D eigenvalue weighted by atomic mass is 19.3. The SMILES string of the molecule is C=NC(=O)c1cc(-c2ccc(C(F)F)cc2C#N)nc2c(N[C@@H]3CN(C(=O)OC(C)(C)C)CC(F)(F)C3)ncnc12. The summed E-state index contributed by atoms with van der Waals surface area (Å²) in [6, 6.07) is 5.52. The van der Waals surface area contributed by atoms with E-state index in [1.54, 1.807) is 20.8 Å². The highest BCUT2D eigenvalue weighted by Crippen LogP contribution is 2.33. The maximum Gasteiger partial charge on any atom is 0.410 e. The van der Waals surface area contributed by atoms with E-state index >= 15 is 0 Å². The van der Waals surface area contributed by atoms with Gasteiger partial charge in [0.05, 0.1) is 35.5 Å². The number of aromatic nitrogens is 3. The third kappa shape index (κ3) is 6.56. The summed E-state index contributed by atoms with van der Waals surface area (Å²) in [7, 11) is 0. The van der Waals surface area contributed by atoms with Gasteiger partial charge < -0.3 is 15.0 Å². The molecule has 1 aliphatic rings. The first kappa shape index (κ1) is 29.3. The van der Waals surface area contributed by atoms with E-state index in [1.165, 1.54) is 12.1 Å². The molecule has 0 radical (unpaired) electrons. The number of benzene rings is 1. The fraction of sp³-hybridized carbons (Fsp3) is 0.370. The van der Waals surface area contributed by atoms with Crippen molar-refractivity contribution >= 4 is 35.6 Å². The molecule has 1 aliphatic heterocycles. The van der Waals surface area contributed by atoms with Gasteiger partial charge in [0.1, 0.15) is 23.0 Å². The van der Waals surface area contributed by atoms with E-state index < -0.39 is 49.0 Å². The average molecular weight is 572 g/mol. The number of halogens is 4. The van der Waals surface area contributed by atoms with E-state index in [0.717, 1.165) is 23.4 Å². The van der Waals surface area contributed by atoms with E-state index in [9.17, 15) is 32.4 Å². The number of carbonyl (C=O) groups excluding carboxylic acids is 2. The van der Waals surface area contributed by atoms with Gasteiger partial charge >= 0.3 is 6.09 Å². The van der Waals surface area contributed by atoms with Crippen molar-refractivity contribution in [1.82, 2.24) is 19.9 Å². The normalized spacial score (nSPS) is 16.8. The number of nitrogens with one attached hydrogen (secondary N) is 1. The van der Waals surface area contributed by atoms with Crippen molar-refractivity contribution in [2.45, 2.75) is 51.2 Å². The number of nitriles is 1. The first-order valence-electron chi connectivity index (χ1n) is 12.3. The Kier molecular flexibility index (Phi) is 7.92. The molecule has 4 rings (SSSR count). The van der Waals surface area contributed by atoms with Crippen LogP contribution in [0.4, 0.5) is 28.2 Å². The molecule has 41 heavy (non-hydrogen) atoms. The molecule has 0 spiro atoms. The third-order valence-corrected chi connectivity index (χ3v) is 6.06. The molecule has 14 heteroatoms. The first-order valence-corrected chi connectivity index (χ1v) is 12.3. The Labute approximate surface area is 232 Å². The lowest BCUT2D eigenvalue weighted by Gasteiger charge is -2.38. The zero-order valence-corrected chi connectivity index (χ0v) is 22.3. The van der Waals surface area contributed by atoms with Gasteiger partial charge in [0.2, 0.25) is 0 Å². The first-order chi connectivity index (χ1) is 19.2. The number of ether oxygens (including phenoxy) is 1. The molecule has 1 saturated heterocycles. The van der Waals surface area contributed by atoms with E-state index in [1.807, 2.05) is 6.07 Å². The van der Waals surface area contributed by atoms with E-state index in [-0.39, 0.29) is 51.3 Å². The zero-order valence-electron chi connectivity index (χ0n) is 22.3. The number of carbonyl (C=O) groups is 2. The zero-order chi connectivity index (χ0) is 30.1. The molecule has 2 amide bonds. The number of alkyl halides is 4. The van der Waals surface area contributed by atoms with Crippen LogP contribution in [0.2, 0.25) is 0 Å². The second-order valence-electron chi connectivity index (χ2n) is 10.4. The molecule has 3 aromatic rings. The van der Waals surface area contributed by atoms with Crippen molar-refractivity contribution in [3.8, 4) is 17.3 Å². The van der Waals surface area contributed by atoms with Gasteiger partial charge in [-0.3, -0.25) is 4.79 Å². The highest BCUT2D eigenvalue weighted by Gasteiger charge is 2.43. The van der Waals surface area contributed by atoms with Crippen LogP contribution in [-0.4, -0.2) is 69.2 Å². The van der Waals surface area contributed by atoms with Gasteiger partial charge in [0, 0.05) is 24.1 Å². The van der Waals surface area contributed by atoms with Crippen molar-refractivity contribution in [3.05, 3.63) is 47.3 Å². The number of pyridine rings is 1. The fourth-order valence-electron chi connectivity index (χ4n) is 4.40. The van der Waals surface area contributed by atoms with Gasteiger partial charge in [-0.1, -0.05) is 12.1 Å².